The molecule has 0 radical (unpaired) electrons. The SMILES string of the molecule is CC1=C(C)CN(C[C@@H]2CCCN2)CC1. The summed E-state index contributed by atoms with van der Waals surface area (Å²) in [5, 5.41) is 3.57. The zero-order valence-electron chi connectivity index (χ0n) is 9.47. The predicted octanol–water partition coefficient (Wildman–Crippen LogP) is 1.78. The largest absolute Gasteiger partial charge is 0.313 e. The Morgan fingerprint density at radius 3 is 2.86 bits per heavy atom. The van der Waals surface area contributed by atoms with Crippen molar-refractivity contribution in [3.8, 4) is 0 Å². The molecule has 1 atom stereocenters. The van der Waals surface area contributed by atoms with Crippen molar-refractivity contribution in [1.82, 2.24) is 10.2 Å². The van der Waals surface area contributed by atoms with Gasteiger partial charge in [0.25, 0.3) is 0 Å². The second-order valence-electron chi connectivity index (χ2n) is 4.84. The third-order valence-corrected chi connectivity index (χ3v) is 3.63. The van der Waals surface area contributed by atoms with Gasteiger partial charge >= 0.3 is 0 Å². The Kier molecular flexibility index (Phi) is 3.24. The Bertz CT molecular complexity index is 226. The molecule has 2 rings (SSSR count). The van der Waals surface area contributed by atoms with Gasteiger partial charge in [0.1, 0.15) is 0 Å². The van der Waals surface area contributed by atoms with Crippen LogP contribution in [0.5, 0.6) is 0 Å². The van der Waals surface area contributed by atoms with Crippen LogP contribution in [-0.4, -0.2) is 37.1 Å². The lowest BCUT2D eigenvalue weighted by Crippen LogP contribution is -2.40. The molecule has 0 aliphatic carbocycles. The van der Waals surface area contributed by atoms with Gasteiger partial charge in [0.2, 0.25) is 0 Å². The van der Waals surface area contributed by atoms with Crippen LogP contribution in [-0.2, 0) is 0 Å². The minimum atomic E-state index is 0.765. The van der Waals surface area contributed by atoms with E-state index in [2.05, 4.69) is 24.1 Å². The molecule has 2 aliphatic heterocycles. The van der Waals surface area contributed by atoms with Crippen LogP contribution in [0.1, 0.15) is 33.1 Å². The van der Waals surface area contributed by atoms with Crippen LogP contribution in [0.3, 0.4) is 0 Å². The molecule has 1 saturated heterocycles. The molecular weight excluding hydrogens is 172 g/mol. The highest BCUT2D eigenvalue weighted by Gasteiger charge is 2.20. The van der Waals surface area contributed by atoms with Gasteiger partial charge in [-0.05, 0) is 39.7 Å². The maximum Gasteiger partial charge on any atom is 0.0195 e. The van der Waals surface area contributed by atoms with Crippen molar-refractivity contribution >= 4 is 0 Å². The van der Waals surface area contributed by atoms with E-state index in [0.717, 1.165) is 6.04 Å². The number of nitrogens with one attached hydrogen (secondary N) is 1. The van der Waals surface area contributed by atoms with E-state index in [1.54, 1.807) is 11.1 Å². The molecule has 0 saturated carbocycles. The highest BCUT2D eigenvalue weighted by molar-refractivity contribution is 5.14. The Balaban J connectivity index is 1.82. The van der Waals surface area contributed by atoms with Crippen molar-refractivity contribution in [1.29, 1.82) is 0 Å². The van der Waals surface area contributed by atoms with Gasteiger partial charge in [-0.3, -0.25) is 4.90 Å². The summed E-state index contributed by atoms with van der Waals surface area (Å²) in [4.78, 5) is 2.60. The van der Waals surface area contributed by atoms with Gasteiger partial charge in [0.05, 0.1) is 0 Å². The standard InChI is InChI=1S/C12H22N2/c1-10-5-7-14(8-11(10)2)9-12-4-3-6-13-12/h12-13H,3-9H2,1-2H3/t12-/m0/s1. The van der Waals surface area contributed by atoms with Crippen molar-refractivity contribution < 1.29 is 0 Å². The van der Waals surface area contributed by atoms with Crippen molar-refractivity contribution in [2.75, 3.05) is 26.2 Å². The second-order valence-corrected chi connectivity index (χ2v) is 4.84. The molecule has 0 bridgehead atoms. The lowest BCUT2D eigenvalue weighted by Gasteiger charge is -2.30. The summed E-state index contributed by atoms with van der Waals surface area (Å²) in [5.74, 6) is 0. The third kappa shape index (κ3) is 2.37. The van der Waals surface area contributed by atoms with Crippen LogP contribution in [0, 0.1) is 0 Å². The average Bonchev–Trinajstić information content (AvgIpc) is 2.64. The number of hydrogen-bond donors (Lipinski definition) is 1. The maximum atomic E-state index is 3.57. The second kappa shape index (κ2) is 4.45. The zero-order valence-corrected chi connectivity index (χ0v) is 9.47. The van der Waals surface area contributed by atoms with Crippen LogP contribution in [0.2, 0.25) is 0 Å². The molecule has 0 unspecified atom stereocenters. The molecule has 1 N–H and O–H groups in total. The minimum Gasteiger partial charge on any atom is -0.313 e. The summed E-state index contributed by atoms with van der Waals surface area (Å²) in [5.41, 5.74) is 3.20. The quantitative estimate of drug-likeness (QED) is 0.674. The van der Waals surface area contributed by atoms with Crippen LogP contribution >= 0.6 is 0 Å². The summed E-state index contributed by atoms with van der Waals surface area (Å²) in [7, 11) is 0. The molecule has 14 heavy (non-hydrogen) atoms. The molecule has 2 aliphatic rings. The van der Waals surface area contributed by atoms with Crippen LogP contribution in [0.25, 0.3) is 0 Å². The molecule has 0 amide bonds. The highest BCUT2D eigenvalue weighted by atomic mass is 15.2. The number of hydrogen-bond acceptors (Lipinski definition) is 2. The van der Waals surface area contributed by atoms with Crippen molar-refractivity contribution in [2.24, 2.45) is 0 Å². The lowest BCUT2D eigenvalue weighted by atomic mass is 10.0. The predicted molar refractivity (Wildman–Crippen MR) is 60.5 cm³/mol. The molecule has 0 aromatic heterocycles. The van der Waals surface area contributed by atoms with Gasteiger partial charge in [-0.25, -0.2) is 0 Å². The molecule has 0 aromatic carbocycles. The molecule has 2 heterocycles. The Morgan fingerprint density at radius 1 is 1.36 bits per heavy atom. The lowest BCUT2D eigenvalue weighted by molar-refractivity contribution is 0.259. The Labute approximate surface area is 87.4 Å². The summed E-state index contributed by atoms with van der Waals surface area (Å²) >= 11 is 0. The fourth-order valence-electron chi connectivity index (χ4n) is 2.47. The first-order valence-electron chi connectivity index (χ1n) is 5.86. The Morgan fingerprint density at radius 2 is 2.21 bits per heavy atom. The molecule has 0 aromatic rings. The van der Waals surface area contributed by atoms with Gasteiger partial charge < -0.3 is 5.32 Å². The minimum absolute atomic E-state index is 0.765. The van der Waals surface area contributed by atoms with Crippen molar-refractivity contribution in [3.05, 3.63) is 11.1 Å². The summed E-state index contributed by atoms with van der Waals surface area (Å²) < 4.78 is 0. The molecule has 0 spiro atoms. The van der Waals surface area contributed by atoms with Crippen LogP contribution in [0.4, 0.5) is 0 Å². The van der Waals surface area contributed by atoms with Gasteiger partial charge in [-0.1, -0.05) is 11.1 Å². The first kappa shape index (κ1) is 10.2. The van der Waals surface area contributed by atoms with E-state index in [-0.39, 0.29) is 0 Å². The number of rotatable bonds is 2. The van der Waals surface area contributed by atoms with E-state index < -0.39 is 0 Å². The van der Waals surface area contributed by atoms with E-state index in [0.29, 0.717) is 0 Å². The van der Waals surface area contributed by atoms with E-state index in [1.165, 1.54) is 45.4 Å². The van der Waals surface area contributed by atoms with E-state index in [4.69, 9.17) is 0 Å². The van der Waals surface area contributed by atoms with Gasteiger partial charge in [-0.15, -0.1) is 0 Å². The first-order valence-corrected chi connectivity index (χ1v) is 5.86. The van der Waals surface area contributed by atoms with E-state index in [1.807, 2.05) is 0 Å². The van der Waals surface area contributed by atoms with Crippen LogP contribution < -0.4 is 5.32 Å². The zero-order chi connectivity index (χ0) is 9.97. The molecule has 1 fully saturated rings. The third-order valence-electron chi connectivity index (χ3n) is 3.63. The fraction of sp³-hybridized carbons (Fsp3) is 0.833. The van der Waals surface area contributed by atoms with Gasteiger partial charge in [0, 0.05) is 25.7 Å². The Hall–Kier alpha value is -0.340. The van der Waals surface area contributed by atoms with Gasteiger partial charge in [0.15, 0.2) is 0 Å². The van der Waals surface area contributed by atoms with E-state index in [9.17, 15) is 0 Å². The molecular formula is C12H22N2. The van der Waals surface area contributed by atoms with Crippen molar-refractivity contribution in [2.45, 2.75) is 39.2 Å². The fourth-order valence-corrected chi connectivity index (χ4v) is 2.47. The number of nitrogens with zero attached hydrogens (tertiary/aromatic N) is 1. The normalized spacial score (nSPS) is 30.0. The summed E-state index contributed by atoms with van der Waals surface area (Å²) in [6, 6.07) is 0.765. The summed E-state index contributed by atoms with van der Waals surface area (Å²) in [6.07, 6.45) is 4.02. The van der Waals surface area contributed by atoms with E-state index >= 15 is 0 Å². The molecule has 2 nitrogen and oxygen atoms in total. The smallest absolute Gasteiger partial charge is 0.0195 e. The average molecular weight is 194 g/mol. The highest BCUT2D eigenvalue weighted by Crippen LogP contribution is 2.18. The molecule has 80 valence electrons. The topological polar surface area (TPSA) is 15.3 Å². The first-order chi connectivity index (χ1) is 6.75. The molecule has 2 heteroatoms. The monoisotopic (exact) mass is 194 g/mol. The maximum absolute atomic E-state index is 3.57. The van der Waals surface area contributed by atoms with Crippen LogP contribution in [0.15, 0.2) is 11.1 Å². The van der Waals surface area contributed by atoms with Crippen molar-refractivity contribution in [3.63, 3.8) is 0 Å². The summed E-state index contributed by atoms with van der Waals surface area (Å²) in [6.45, 7) is 9.51. The van der Waals surface area contributed by atoms with Gasteiger partial charge in [-0.2, -0.15) is 0 Å².